The Bertz CT molecular complexity index is 688. The number of benzene rings is 1. The van der Waals surface area contributed by atoms with Crippen LogP contribution in [0.5, 0.6) is 5.75 Å². The van der Waals surface area contributed by atoms with Gasteiger partial charge in [0, 0.05) is 18.4 Å². The number of aromatic nitrogens is 2. The third kappa shape index (κ3) is 4.05. The Morgan fingerprint density at radius 3 is 3.04 bits per heavy atom. The van der Waals surface area contributed by atoms with Gasteiger partial charge in [-0.3, -0.25) is 4.79 Å². The summed E-state index contributed by atoms with van der Waals surface area (Å²) >= 11 is 1.40. The van der Waals surface area contributed by atoms with Crippen LogP contribution >= 0.6 is 11.3 Å². The highest BCUT2D eigenvalue weighted by Crippen LogP contribution is 2.26. The third-order valence-corrected chi connectivity index (χ3v) is 4.87. The number of rotatable bonds is 5. The molecule has 1 aromatic heterocycles. The molecule has 1 fully saturated rings. The van der Waals surface area contributed by atoms with Gasteiger partial charge >= 0.3 is 0 Å². The predicted molar refractivity (Wildman–Crippen MR) is 89.7 cm³/mol. The number of methoxy groups -OCH3 is 1. The minimum Gasteiger partial charge on any atom is -0.497 e. The van der Waals surface area contributed by atoms with Gasteiger partial charge < -0.3 is 15.8 Å². The van der Waals surface area contributed by atoms with Crippen LogP contribution in [0.1, 0.15) is 29.8 Å². The molecule has 2 atom stereocenters. The summed E-state index contributed by atoms with van der Waals surface area (Å²) in [7, 11) is 1.65. The van der Waals surface area contributed by atoms with Crippen LogP contribution in [0.4, 0.5) is 5.13 Å². The average molecular weight is 332 g/mol. The van der Waals surface area contributed by atoms with Crippen molar-refractivity contribution in [3.8, 4) is 5.75 Å². The second-order valence-electron chi connectivity index (χ2n) is 5.79. The summed E-state index contributed by atoms with van der Waals surface area (Å²) in [5, 5.41) is 12.5. The maximum atomic E-state index is 12.2. The Morgan fingerprint density at radius 1 is 1.43 bits per heavy atom. The van der Waals surface area contributed by atoms with Crippen molar-refractivity contribution in [1.29, 1.82) is 0 Å². The molecule has 7 heteroatoms. The molecular weight excluding hydrogens is 312 g/mol. The largest absolute Gasteiger partial charge is 0.497 e. The Hall–Kier alpha value is -1.99. The molecule has 3 N–H and O–H groups in total. The molecule has 0 saturated heterocycles. The first kappa shape index (κ1) is 15.9. The van der Waals surface area contributed by atoms with Crippen molar-refractivity contribution in [2.24, 2.45) is 11.7 Å². The number of hydrogen-bond donors (Lipinski definition) is 2. The fraction of sp³-hybridized carbons (Fsp3) is 0.438. The molecule has 0 radical (unpaired) electrons. The first-order valence-electron chi connectivity index (χ1n) is 7.66. The summed E-state index contributed by atoms with van der Waals surface area (Å²) in [6, 6.07) is 7.98. The third-order valence-electron chi connectivity index (χ3n) is 4.03. The van der Waals surface area contributed by atoms with E-state index in [1.165, 1.54) is 11.3 Å². The lowest BCUT2D eigenvalue weighted by Crippen LogP contribution is -2.23. The molecular formula is C16H20N4O2S. The average Bonchev–Trinajstić information content (AvgIpc) is 3.16. The van der Waals surface area contributed by atoms with Crippen LogP contribution in [0.2, 0.25) is 0 Å². The summed E-state index contributed by atoms with van der Waals surface area (Å²) in [4.78, 5) is 12.2. The van der Waals surface area contributed by atoms with Crippen molar-refractivity contribution in [3.05, 3.63) is 34.8 Å². The zero-order valence-corrected chi connectivity index (χ0v) is 13.8. The summed E-state index contributed by atoms with van der Waals surface area (Å²) in [5.41, 5.74) is 6.95. The molecule has 23 heavy (non-hydrogen) atoms. The van der Waals surface area contributed by atoms with E-state index in [1.54, 1.807) is 7.11 Å². The zero-order valence-electron chi connectivity index (χ0n) is 13.0. The summed E-state index contributed by atoms with van der Waals surface area (Å²) in [6.45, 7) is 0. The molecule has 1 saturated carbocycles. The van der Waals surface area contributed by atoms with Crippen LogP contribution in [0.25, 0.3) is 0 Å². The SMILES string of the molecule is COc1cccc(Cc2nnc(NC(=O)C3CCC(N)C3)s2)c1. The van der Waals surface area contributed by atoms with Gasteiger partial charge in [0.05, 0.1) is 7.11 Å². The molecule has 0 aliphatic heterocycles. The molecule has 0 bridgehead atoms. The number of anilines is 1. The normalized spacial score (nSPS) is 20.4. The fourth-order valence-corrected chi connectivity index (χ4v) is 3.57. The molecule has 122 valence electrons. The maximum absolute atomic E-state index is 12.2. The van der Waals surface area contributed by atoms with E-state index in [-0.39, 0.29) is 17.9 Å². The lowest BCUT2D eigenvalue weighted by Gasteiger charge is -2.07. The van der Waals surface area contributed by atoms with Gasteiger partial charge in [-0.25, -0.2) is 0 Å². The second-order valence-corrected chi connectivity index (χ2v) is 6.85. The topological polar surface area (TPSA) is 90.1 Å². The monoisotopic (exact) mass is 332 g/mol. The maximum Gasteiger partial charge on any atom is 0.229 e. The lowest BCUT2D eigenvalue weighted by atomic mass is 10.1. The first-order valence-corrected chi connectivity index (χ1v) is 8.47. The summed E-state index contributed by atoms with van der Waals surface area (Å²) < 4.78 is 5.22. The van der Waals surface area contributed by atoms with Crippen LogP contribution in [-0.2, 0) is 11.2 Å². The smallest absolute Gasteiger partial charge is 0.229 e. The number of nitrogens with two attached hydrogens (primary N) is 1. The minimum absolute atomic E-state index is 0.00188. The molecule has 0 spiro atoms. The van der Waals surface area contributed by atoms with Gasteiger partial charge in [0.2, 0.25) is 11.0 Å². The Morgan fingerprint density at radius 2 is 2.30 bits per heavy atom. The quantitative estimate of drug-likeness (QED) is 0.876. The van der Waals surface area contributed by atoms with E-state index < -0.39 is 0 Å². The van der Waals surface area contributed by atoms with Gasteiger partial charge in [-0.05, 0) is 37.0 Å². The molecule has 1 aliphatic rings. The Labute approximate surface area is 139 Å². The predicted octanol–water partition coefficient (Wildman–Crippen LogP) is 2.20. The molecule has 1 amide bonds. The second kappa shape index (κ2) is 7.06. The molecule has 2 unspecified atom stereocenters. The van der Waals surface area contributed by atoms with Crippen LogP contribution in [0.3, 0.4) is 0 Å². The summed E-state index contributed by atoms with van der Waals surface area (Å²) in [5.74, 6) is 0.816. The van der Waals surface area contributed by atoms with E-state index in [1.807, 2.05) is 24.3 Å². The highest BCUT2D eigenvalue weighted by Gasteiger charge is 2.28. The fourth-order valence-electron chi connectivity index (χ4n) is 2.79. The van der Waals surface area contributed by atoms with Gasteiger partial charge in [-0.2, -0.15) is 0 Å². The highest BCUT2D eigenvalue weighted by atomic mass is 32.1. The minimum atomic E-state index is -0.00395. The van der Waals surface area contributed by atoms with Gasteiger partial charge in [0.1, 0.15) is 10.8 Å². The number of carbonyl (C=O) groups is 1. The molecule has 1 aliphatic carbocycles. The number of ether oxygens (including phenoxy) is 1. The van der Waals surface area contributed by atoms with Gasteiger partial charge in [-0.1, -0.05) is 23.5 Å². The first-order chi connectivity index (χ1) is 11.1. The molecule has 6 nitrogen and oxygen atoms in total. The van der Waals surface area contributed by atoms with Crippen LogP contribution in [0, 0.1) is 5.92 Å². The van der Waals surface area contributed by atoms with Crippen molar-refractivity contribution < 1.29 is 9.53 Å². The van der Waals surface area contributed by atoms with Crippen molar-refractivity contribution in [2.45, 2.75) is 31.7 Å². The van der Waals surface area contributed by atoms with E-state index in [0.29, 0.717) is 11.6 Å². The lowest BCUT2D eigenvalue weighted by molar-refractivity contribution is -0.119. The van der Waals surface area contributed by atoms with E-state index in [9.17, 15) is 4.79 Å². The molecule has 1 aromatic carbocycles. The zero-order chi connectivity index (χ0) is 16.2. The van der Waals surface area contributed by atoms with Crippen molar-refractivity contribution >= 4 is 22.4 Å². The number of nitrogens with one attached hydrogen (secondary N) is 1. The van der Waals surface area contributed by atoms with Crippen molar-refractivity contribution in [3.63, 3.8) is 0 Å². The standard InChI is InChI=1S/C16H20N4O2S/c1-22-13-4-2-3-10(7-13)8-14-19-20-16(23-14)18-15(21)11-5-6-12(17)9-11/h2-4,7,11-12H,5-6,8-9,17H2,1H3,(H,18,20,21). The number of amides is 1. The molecule has 2 aromatic rings. The van der Waals surface area contributed by atoms with Gasteiger partial charge in [0.15, 0.2) is 0 Å². The van der Waals surface area contributed by atoms with E-state index in [0.717, 1.165) is 35.6 Å². The van der Waals surface area contributed by atoms with Gasteiger partial charge in [-0.15, -0.1) is 10.2 Å². The number of nitrogens with zero attached hydrogens (tertiary/aromatic N) is 2. The Kier molecular flexibility index (Phi) is 4.88. The number of hydrogen-bond acceptors (Lipinski definition) is 6. The number of carbonyl (C=O) groups excluding carboxylic acids is 1. The molecule has 1 heterocycles. The van der Waals surface area contributed by atoms with Gasteiger partial charge in [0.25, 0.3) is 0 Å². The van der Waals surface area contributed by atoms with Crippen molar-refractivity contribution in [1.82, 2.24) is 10.2 Å². The Balaban J connectivity index is 1.60. The van der Waals surface area contributed by atoms with Crippen molar-refractivity contribution in [2.75, 3.05) is 12.4 Å². The van der Waals surface area contributed by atoms with Crippen LogP contribution in [0.15, 0.2) is 24.3 Å². The van der Waals surface area contributed by atoms with E-state index >= 15 is 0 Å². The summed E-state index contributed by atoms with van der Waals surface area (Å²) in [6.07, 6.45) is 3.18. The highest BCUT2D eigenvalue weighted by molar-refractivity contribution is 7.15. The molecule has 3 rings (SSSR count). The van der Waals surface area contributed by atoms with E-state index in [4.69, 9.17) is 10.5 Å². The van der Waals surface area contributed by atoms with Crippen LogP contribution < -0.4 is 15.8 Å². The van der Waals surface area contributed by atoms with Crippen LogP contribution in [-0.4, -0.2) is 29.3 Å². The van der Waals surface area contributed by atoms with E-state index in [2.05, 4.69) is 15.5 Å².